The molecule has 0 saturated carbocycles. The molecule has 1 N–H and O–H groups in total. The molecular formula is C18H25N3O3. The van der Waals surface area contributed by atoms with Crippen LogP contribution in [0.3, 0.4) is 0 Å². The molecule has 0 unspecified atom stereocenters. The zero-order valence-electron chi connectivity index (χ0n) is 14.5. The minimum atomic E-state index is -0.470. The number of aromatic nitrogens is 1. The highest BCUT2D eigenvalue weighted by atomic mass is 16.5. The lowest BCUT2D eigenvalue weighted by Crippen LogP contribution is -2.49. The Morgan fingerprint density at radius 1 is 1.50 bits per heavy atom. The molecule has 0 radical (unpaired) electrons. The Morgan fingerprint density at radius 3 is 3.08 bits per heavy atom. The fraction of sp³-hybridized carbons (Fsp3) is 0.556. The van der Waals surface area contributed by atoms with Gasteiger partial charge in [-0.05, 0) is 52.4 Å². The molecule has 1 amide bonds. The highest BCUT2D eigenvalue weighted by molar-refractivity contribution is 5.81. The number of rotatable bonds is 6. The Labute approximate surface area is 142 Å². The maximum atomic E-state index is 12.3. The fourth-order valence-corrected chi connectivity index (χ4v) is 3.15. The number of nitrogens with one attached hydrogen (secondary N) is 1. The summed E-state index contributed by atoms with van der Waals surface area (Å²) in [7, 11) is 2.08. The molecule has 1 aliphatic heterocycles. The van der Waals surface area contributed by atoms with Crippen LogP contribution in [-0.4, -0.2) is 47.6 Å². The zero-order chi connectivity index (χ0) is 17.2. The van der Waals surface area contributed by atoms with Crippen LogP contribution in [0.15, 0.2) is 29.0 Å². The van der Waals surface area contributed by atoms with Gasteiger partial charge in [0.15, 0.2) is 0 Å². The molecule has 24 heavy (non-hydrogen) atoms. The number of carbonyl (C=O) groups excluding carboxylic acids is 1. The predicted octanol–water partition coefficient (Wildman–Crippen LogP) is 2.59. The summed E-state index contributed by atoms with van der Waals surface area (Å²) in [6, 6.07) is 3.98. The van der Waals surface area contributed by atoms with E-state index in [1.807, 2.05) is 19.9 Å². The van der Waals surface area contributed by atoms with Gasteiger partial charge in [0.05, 0.1) is 17.2 Å². The van der Waals surface area contributed by atoms with Crippen LogP contribution in [0.5, 0.6) is 5.88 Å². The standard InChI is InChI=1S/C18H25N3O3/c1-18(2,20-16(22)11-13-5-4-9-21(13)3)12-24-17-14-7-10-23-15(14)6-8-19-17/h6-8,10,13H,4-5,9,11-12H2,1-3H3,(H,20,22)/t13-/m0/s1. The summed E-state index contributed by atoms with van der Waals surface area (Å²) >= 11 is 0. The van der Waals surface area contributed by atoms with E-state index < -0.39 is 5.54 Å². The van der Waals surface area contributed by atoms with Crippen molar-refractivity contribution in [3.05, 3.63) is 24.6 Å². The van der Waals surface area contributed by atoms with Gasteiger partial charge in [-0.15, -0.1) is 0 Å². The van der Waals surface area contributed by atoms with E-state index in [-0.39, 0.29) is 5.91 Å². The van der Waals surface area contributed by atoms with Crippen molar-refractivity contribution in [3.63, 3.8) is 0 Å². The number of ether oxygens (including phenoxy) is 1. The molecule has 1 atom stereocenters. The van der Waals surface area contributed by atoms with Crippen molar-refractivity contribution in [2.75, 3.05) is 20.2 Å². The maximum Gasteiger partial charge on any atom is 0.224 e. The zero-order valence-corrected chi connectivity index (χ0v) is 14.5. The van der Waals surface area contributed by atoms with Gasteiger partial charge in [0.25, 0.3) is 0 Å². The molecule has 2 aromatic heterocycles. The summed E-state index contributed by atoms with van der Waals surface area (Å²) < 4.78 is 11.2. The SMILES string of the molecule is CN1CCC[C@H]1CC(=O)NC(C)(C)COc1nccc2occc12. The van der Waals surface area contributed by atoms with Crippen LogP contribution in [0, 0.1) is 0 Å². The van der Waals surface area contributed by atoms with E-state index in [0.29, 0.717) is 24.9 Å². The predicted molar refractivity (Wildman–Crippen MR) is 92.0 cm³/mol. The quantitative estimate of drug-likeness (QED) is 0.881. The van der Waals surface area contributed by atoms with Crippen molar-refractivity contribution in [1.29, 1.82) is 0 Å². The third-order valence-corrected chi connectivity index (χ3v) is 4.48. The smallest absolute Gasteiger partial charge is 0.224 e. The van der Waals surface area contributed by atoms with E-state index in [4.69, 9.17) is 9.15 Å². The molecule has 0 aliphatic carbocycles. The first-order valence-corrected chi connectivity index (χ1v) is 8.41. The molecular weight excluding hydrogens is 306 g/mol. The van der Waals surface area contributed by atoms with Gasteiger partial charge in [-0.3, -0.25) is 4.79 Å². The summed E-state index contributed by atoms with van der Waals surface area (Å²) in [6.07, 6.45) is 6.07. The van der Waals surface area contributed by atoms with Gasteiger partial charge < -0.3 is 19.4 Å². The molecule has 6 nitrogen and oxygen atoms in total. The first-order valence-electron chi connectivity index (χ1n) is 8.41. The lowest BCUT2D eigenvalue weighted by Gasteiger charge is -2.27. The first kappa shape index (κ1) is 16.8. The summed E-state index contributed by atoms with van der Waals surface area (Å²) in [5, 5.41) is 3.91. The van der Waals surface area contributed by atoms with Crippen molar-refractivity contribution >= 4 is 16.9 Å². The summed E-state index contributed by atoms with van der Waals surface area (Å²) in [5.74, 6) is 0.593. The molecule has 3 heterocycles. The normalized spacial score (nSPS) is 18.9. The largest absolute Gasteiger partial charge is 0.475 e. The van der Waals surface area contributed by atoms with E-state index in [9.17, 15) is 4.79 Å². The highest BCUT2D eigenvalue weighted by Gasteiger charge is 2.27. The van der Waals surface area contributed by atoms with Gasteiger partial charge >= 0.3 is 0 Å². The van der Waals surface area contributed by atoms with Gasteiger partial charge in [0.2, 0.25) is 11.8 Å². The number of furan rings is 1. The fourth-order valence-electron chi connectivity index (χ4n) is 3.15. The Morgan fingerprint density at radius 2 is 2.33 bits per heavy atom. The number of amides is 1. The Bertz CT molecular complexity index is 710. The number of nitrogens with zero attached hydrogens (tertiary/aromatic N) is 2. The molecule has 6 heteroatoms. The third kappa shape index (κ3) is 3.87. The van der Waals surface area contributed by atoms with Gasteiger partial charge in [0.1, 0.15) is 12.2 Å². The summed E-state index contributed by atoms with van der Waals surface area (Å²) in [5.41, 5.74) is 0.271. The van der Waals surface area contributed by atoms with Gasteiger partial charge in [-0.1, -0.05) is 0 Å². The van der Waals surface area contributed by atoms with E-state index >= 15 is 0 Å². The molecule has 0 bridgehead atoms. The van der Waals surface area contributed by atoms with Crippen LogP contribution in [0.25, 0.3) is 11.0 Å². The highest BCUT2D eigenvalue weighted by Crippen LogP contribution is 2.24. The van der Waals surface area contributed by atoms with E-state index in [1.54, 1.807) is 18.5 Å². The van der Waals surface area contributed by atoms with Crippen molar-refractivity contribution in [3.8, 4) is 5.88 Å². The molecule has 0 aromatic carbocycles. The average molecular weight is 331 g/mol. The van der Waals surface area contributed by atoms with E-state index in [2.05, 4.69) is 22.2 Å². The monoisotopic (exact) mass is 331 g/mol. The molecule has 0 spiro atoms. The van der Waals surface area contributed by atoms with Gasteiger partial charge in [-0.25, -0.2) is 4.98 Å². The number of hydrogen-bond donors (Lipinski definition) is 1. The van der Waals surface area contributed by atoms with Crippen molar-refractivity contribution in [2.45, 2.75) is 44.7 Å². The van der Waals surface area contributed by atoms with Crippen molar-refractivity contribution in [2.24, 2.45) is 0 Å². The number of fused-ring (bicyclic) bond motifs is 1. The van der Waals surface area contributed by atoms with Crippen LogP contribution in [0.4, 0.5) is 0 Å². The lowest BCUT2D eigenvalue weighted by atomic mass is 10.1. The van der Waals surface area contributed by atoms with Gasteiger partial charge in [-0.2, -0.15) is 0 Å². The second-order valence-corrected chi connectivity index (χ2v) is 7.15. The summed E-state index contributed by atoms with van der Waals surface area (Å²) in [4.78, 5) is 18.8. The van der Waals surface area contributed by atoms with Crippen molar-refractivity contribution < 1.29 is 13.9 Å². The molecule has 1 aliphatic rings. The minimum absolute atomic E-state index is 0.0665. The second-order valence-electron chi connectivity index (χ2n) is 7.15. The Balaban J connectivity index is 1.55. The van der Waals surface area contributed by atoms with Crippen molar-refractivity contribution in [1.82, 2.24) is 15.2 Å². The topological polar surface area (TPSA) is 67.6 Å². The van der Waals surface area contributed by atoms with Gasteiger partial charge in [0, 0.05) is 18.7 Å². The average Bonchev–Trinajstić information content (AvgIpc) is 3.14. The number of hydrogen-bond acceptors (Lipinski definition) is 5. The van der Waals surface area contributed by atoms with Crippen LogP contribution in [0.1, 0.15) is 33.1 Å². The van der Waals surface area contributed by atoms with Crippen LogP contribution < -0.4 is 10.1 Å². The second kappa shape index (κ2) is 6.81. The molecule has 1 saturated heterocycles. The maximum absolute atomic E-state index is 12.3. The molecule has 2 aromatic rings. The molecule has 3 rings (SSSR count). The third-order valence-electron chi connectivity index (χ3n) is 4.48. The Hall–Kier alpha value is -2.08. The van der Waals surface area contributed by atoms with E-state index in [1.165, 1.54) is 6.42 Å². The summed E-state index contributed by atoms with van der Waals surface area (Å²) in [6.45, 7) is 5.33. The minimum Gasteiger partial charge on any atom is -0.475 e. The number of pyridine rings is 1. The van der Waals surface area contributed by atoms with Crippen LogP contribution in [-0.2, 0) is 4.79 Å². The van der Waals surface area contributed by atoms with Crippen LogP contribution >= 0.6 is 0 Å². The molecule has 1 fully saturated rings. The number of likely N-dealkylation sites (tertiary alicyclic amines) is 1. The van der Waals surface area contributed by atoms with Crippen LogP contribution in [0.2, 0.25) is 0 Å². The molecule has 130 valence electrons. The van der Waals surface area contributed by atoms with E-state index in [0.717, 1.165) is 23.9 Å². The lowest BCUT2D eigenvalue weighted by molar-refractivity contribution is -0.124. The first-order chi connectivity index (χ1) is 11.4. The number of carbonyl (C=O) groups is 1. The Kier molecular flexibility index (Phi) is 4.76.